The van der Waals surface area contributed by atoms with Gasteiger partial charge in [0.2, 0.25) is 0 Å². The molecule has 2 radical (unpaired) electrons. The second-order valence-electron chi connectivity index (χ2n) is 8.99. The van der Waals surface area contributed by atoms with E-state index < -0.39 is 0 Å². The summed E-state index contributed by atoms with van der Waals surface area (Å²) in [4.78, 5) is 8.39. The van der Waals surface area contributed by atoms with Crippen LogP contribution in [0.2, 0.25) is 5.15 Å². The van der Waals surface area contributed by atoms with Gasteiger partial charge in [-0.2, -0.15) is 5.10 Å². The Morgan fingerprint density at radius 2 is 1.05 bits per heavy atom. The summed E-state index contributed by atoms with van der Waals surface area (Å²) in [5.41, 5.74) is 14.0. The molecule has 41 heavy (non-hydrogen) atoms. The molecular weight excluding hydrogens is 686 g/mol. The number of nitrogens with zero attached hydrogens (tertiary/aromatic N) is 6. The van der Waals surface area contributed by atoms with Crippen molar-refractivity contribution >= 4 is 39.0 Å². The molecule has 0 spiro atoms. The minimum absolute atomic E-state index is 0. The van der Waals surface area contributed by atoms with E-state index in [0.29, 0.717) is 11.6 Å². The number of halogens is 1. The minimum atomic E-state index is 0. The second-order valence-corrected chi connectivity index (χ2v) is 9.35. The number of pyridine rings is 2. The molecule has 0 fully saturated rings. The molecule has 6 aromatic rings. The first kappa shape index (κ1) is 34.9. The van der Waals surface area contributed by atoms with Crippen LogP contribution in [0.1, 0.15) is 33.9 Å². The molecule has 11 heteroatoms. The Hall–Kier alpha value is -2.32. The summed E-state index contributed by atoms with van der Waals surface area (Å²) >= 11 is 6.07. The van der Waals surface area contributed by atoms with Crippen molar-refractivity contribution in [2.75, 3.05) is 0 Å². The third kappa shape index (κ3) is 8.84. The Bertz CT molecular complexity index is 1620. The zero-order valence-electron chi connectivity index (χ0n) is 22.8. The number of aryl methyl sites for hydroxylation is 2. The Balaban J connectivity index is 0.000000267. The van der Waals surface area contributed by atoms with Crippen LogP contribution in [0, 0.1) is 13.8 Å². The number of nitrogens with two attached hydrogens (primary N) is 1. The Kier molecular flexibility index (Phi) is 13.9. The van der Waals surface area contributed by atoms with Crippen molar-refractivity contribution in [2.45, 2.75) is 26.7 Å². The SMILES string of the molecule is Cc1cc(Cc2nnc(Cl)c3ccccc23)ccn1.Cc1cc(Cc2nnc([NH-])c3ccccc23)ccn1.[NH2-].[Y].[Y]. The summed E-state index contributed by atoms with van der Waals surface area (Å²) < 4.78 is 0. The molecule has 0 aliphatic heterocycles. The molecule has 0 unspecified atom stereocenters. The van der Waals surface area contributed by atoms with Crippen LogP contribution in [-0.4, -0.2) is 30.4 Å². The number of aromatic nitrogens is 6. The maximum Gasteiger partial charge on any atom is 0.159 e. The van der Waals surface area contributed by atoms with Crippen molar-refractivity contribution in [2.24, 2.45) is 0 Å². The fourth-order valence-electron chi connectivity index (χ4n) is 4.36. The van der Waals surface area contributed by atoms with Crippen LogP contribution in [0.5, 0.6) is 0 Å². The fraction of sp³-hybridized carbons (Fsp3) is 0.133. The van der Waals surface area contributed by atoms with Crippen LogP contribution < -0.4 is 0 Å². The van der Waals surface area contributed by atoms with Crippen LogP contribution in [0.4, 0.5) is 5.82 Å². The van der Waals surface area contributed by atoms with Crippen molar-refractivity contribution in [1.29, 1.82) is 0 Å². The Morgan fingerprint density at radius 1 is 0.610 bits per heavy atom. The normalized spacial score (nSPS) is 10.0. The van der Waals surface area contributed by atoms with Crippen molar-refractivity contribution in [3.8, 4) is 0 Å². The summed E-state index contributed by atoms with van der Waals surface area (Å²) in [7, 11) is 0. The van der Waals surface area contributed by atoms with Gasteiger partial charge < -0.3 is 17.0 Å². The van der Waals surface area contributed by atoms with Gasteiger partial charge in [0.15, 0.2) is 5.15 Å². The monoisotopic (exact) mass is 712 g/mol. The zero-order chi connectivity index (χ0) is 26.5. The van der Waals surface area contributed by atoms with Gasteiger partial charge in [0, 0.05) is 118 Å². The van der Waals surface area contributed by atoms with Crippen LogP contribution >= 0.6 is 11.6 Å². The van der Waals surface area contributed by atoms with Gasteiger partial charge in [-0.15, -0.1) is 5.10 Å². The van der Waals surface area contributed by atoms with Gasteiger partial charge >= 0.3 is 0 Å². The van der Waals surface area contributed by atoms with Crippen molar-refractivity contribution in [3.05, 3.63) is 136 Å². The number of fused-ring (bicyclic) bond motifs is 2. The fourth-order valence-corrected chi connectivity index (χ4v) is 4.56. The summed E-state index contributed by atoms with van der Waals surface area (Å²) in [6.45, 7) is 3.95. The summed E-state index contributed by atoms with van der Waals surface area (Å²) in [6.07, 6.45) is 5.06. The first-order valence-corrected chi connectivity index (χ1v) is 12.5. The van der Waals surface area contributed by atoms with Gasteiger partial charge in [-0.05, 0) is 60.4 Å². The van der Waals surface area contributed by atoms with Crippen LogP contribution in [-0.2, 0) is 78.3 Å². The Morgan fingerprint density at radius 3 is 1.56 bits per heavy atom. The molecule has 4 heterocycles. The van der Waals surface area contributed by atoms with Gasteiger partial charge in [0.25, 0.3) is 0 Å². The minimum Gasteiger partial charge on any atom is -0.693 e. The molecule has 2 aromatic carbocycles. The number of nitrogens with one attached hydrogen (secondary N) is 1. The Labute approximate surface area is 294 Å². The molecular formula is C30H27ClN8Y2-2. The van der Waals surface area contributed by atoms with E-state index in [0.717, 1.165) is 56.3 Å². The molecule has 0 aliphatic carbocycles. The quantitative estimate of drug-likeness (QED) is 0.182. The van der Waals surface area contributed by atoms with E-state index in [4.69, 9.17) is 17.3 Å². The number of rotatable bonds is 4. The van der Waals surface area contributed by atoms with E-state index >= 15 is 0 Å². The van der Waals surface area contributed by atoms with E-state index in [1.165, 1.54) is 5.56 Å². The van der Waals surface area contributed by atoms with Crippen molar-refractivity contribution < 1.29 is 65.4 Å². The molecule has 0 aliphatic rings. The molecule has 0 bridgehead atoms. The average molecular weight is 713 g/mol. The van der Waals surface area contributed by atoms with Gasteiger partial charge in [-0.3, -0.25) is 15.1 Å². The molecule has 0 atom stereocenters. The molecule has 6 rings (SSSR count). The average Bonchev–Trinajstić information content (AvgIpc) is 2.93. The molecule has 0 saturated heterocycles. The van der Waals surface area contributed by atoms with Gasteiger partial charge in [0.05, 0.1) is 11.4 Å². The number of hydrogen-bond donors (Lipinski definition) is 0. The van der Waals surface area contributed by atoms with E-state index in [1.807, 2.05) is 86.8 Å². The number of hydrogen-bond acceptors (Lipinski definition) is 6. The van der Waals surface area contributed by atoms with Crippen LogP contribution in [0.25, 0.3) is 33.4 Å². The first-order valence-electron chi connectivity index (χ1n) is 12.2. The molecule has 202 valence electrons. The van der Waals surface area contributed by atoms with Crippen LogP contribution in [0.3, 0.4) is 0 Å². The smallest absolute Gasteiger partial charge is 0.159 e. The molecule has 0 amide bonds. The first-order chi connectivity index (χ1) is 18.5. The molecule has 4 aromatic heterocycles. The zero-order valence-corrected chi connectivity index (χ0v) is 29.2. The largest absolute Gasteiger partial charge is 0.693 e. The molecule has 0 saturated carbocycles. The maximum atomic E-state index is 7.79. The summed E-state index contributed by atoms with van der Waals surface area (Å²) in [6, 6.07) is 23.8. The second kappa shape index (κ2) is 16.4. The third-order valence-electron chi connectivity index (χ3n) is 6.15. The van der Waals surface area contributed by atoms with Crippen molar-refractivity contribution in [1.82, 2.24) is 30.4 Å². The van der Waals surface area contributed by atoms with E-state index in [2.05, 4.69) is 36.4 Å². The topological polar surface area (TPSA) is 135 Å². The van der Waals surface area contributed by atoms with E-state index in [9.17, 15) is 0 Å². The molecule has 3 N–H and O–H groups in total. The summed E-state index contributed by atoms with van der Waals surface area (Å²) in [5.74, 6) is 0.227. The summed E-state index contributed by atoms with van der Waals surface area (Å²) in [5, 5.41) is 20.6. The third-order valence-corrected chi connectivity index (χ3v) is 6.43. The van der Waals surface area contributed by atoms with E-state index in [1.54, 1.807) is 6.20 Å². The maximum absolute atomic E-state index is 7.79. The van der Waals surface area contributed by atoms with Crippen molar-refractivity contribution in [3.63, 3.8) is 0 Å². The van der Waals surface area contributed by atoms with Crippen LogP contribution in [0.15, 0.2) is 85.2 Å². The predicted molar refractivity (Wildman–Crippen MR) is 157 cm³/mol. The van der Waals surface area contributed by atoms with Gasteiger partial charge in [-0.25, -0.2) is 0 Å². The number of benzene rings is 2. The molecule has 8 nitrogen and oxygen atoms in total. The predicted octanol–water partition coefficient (Wildman–Crippen LogP) is 7.90. The van der Waals surface area contributed by atoms with E-state index in [-0.39, 0.29) is 77.4 Å². The van der Waals surface area contributed by atoms with Gasteiger partial charge in [0.1, 0.15) is 0 Å². The standard InChI is InChI=1S/C15H12ClN3.C15H13N4.H2N.2Y/c2*1-10-8-11(6-7-17-10)9-14-12-4-2-3-5-13(12)15(16)19-18-14;;;/h2-8H,9H2,1H3;2-8H,9H2,1H3,(H-,16,19);1H2;;/q;2*-1;;. The van der Waals surface area contributed by atoms with Gasteiger partial charge in [-0.1, -0.05) is 60.1 Å².